The average molecular weight is 225 g/mol. The molecule has 0 bridgehead atoms. The summed E-state index contributed by atoms with van der Waals surface area (Å²) in [6.45, 7) is 5.29. The zero-order valence-corrected chi connectivity index (χ0v) is 10.4. The van der Waals surface area contributed by atoms with Crippen LogP contribution < -0.4 is 5.32 Å². The van der Waals surface area contributed by atoms with Crippen LogP contribution >= 0.6 is 11.3 Å². The van der Waals surface area contributed by atoms with Crippen LogP contribution in [-0.4, -0.2) is 19.8 Å². The molecule has 1 saturated heterocycles. The van der Waals surface area contributed by atoms with Crippen molar-refractivity contribution in [2.24, 2.45) is 5.92 Å². The maximum atomic E-state index is 5.65. The van der Waals surface area contributed by atoms with Crippen molar-refractivity contribution in [3.63, 3.8) is 0 Å². The van der Waals surface area contributed by atoms with Crippen LogP contribution in [-0.2, 0) is 4.74 Å². The fourth-order valence-corrected chi connectivity index (χ4v) is 3.54. The van der Waals surface area contributed by atoms with E-state index in [2.05, 4.69) is 37.7 Å². The lowest BCUT2D eigenvalue weighted by molar-refractivity contribution is 0.0966. The number of ether oxygens (including phenoxy) is 1. The summed E-state index contributed by atoms with van der Waals surface area (Å²) in [7, 11) is 2.05. The molecule has 15 heavy (non-hydrogen) atoms. The van der Waals surface area contributed by atoms with E-state index in [0.29, 0.717) is 18.1 Å². The Kier molecular flexibility index (Phi) is 3.44. The monoisotopic (exact) mass is 225 g/mol. The topological polar surface area (TPSA) is 21.3 Å². The molecule has 2 nitrogen and oxygen atoms in total. The molecular weight excluding hydrogens is 206 g/mol. The van der Waals surface area contributed by atoms with E-state index in [1.54, 1.807) is 0 Å². The van der Waals surface area contributed by atoms with Gasteiger partial charge < -0.3 is 10.1 Å². The van der Waals surface area contributed by atoms with Crippen molar-refractivity contribution in [1.82, 2.24) is 5.32 Å². The summed E-state index contributed by atoms with van der Waals surface area (Å²) < 4.78 is 5.65. The molecule has 3 heteroatoms. The predicted octanol–water partition coefficient (Wildman–Crippen LogP) is 2.74. The van der Waals surface area contributed by atoms with E-state index in [0.717, 1.165) is 6.61 Å². The Morgan fingerprint density at radius 2 is 2.40 bits per heavy atom. The molecule has 1 aliphatic rings. The van der Waals surface area contributed by atoms with Crippen molar-refractivity contribution in [1.29, 1.82) is 0 Å². The summed E-state index contributed by atoms with van der Waals surface area (Å²) in [6.07, 6.45) is 1.55. The zero-order valence-electron chi connectivity index (χ0n) is 9.62. The van der Waals surface area contributed by atoms with Gasteiger partial charge in [0.1, 0.15) is 0 Å². The third-order valence-electron chi connectivity index (χ3n) is 3.36. The van der Waals surface area contributed by atoms with Crippen molar-refractivity contribution in [3.8, 4) is 0 Å². The van der Waals surface area contributed by atoms with E-state index in [1.807, 2.05) is 11.3 Å². The van der Waals surface area contributed by atoms with Gasteiger partial charge in [0.25, 0.3) is 0 Å². The summed E-state index contributed by atoms with van der Waals surface area (Å²) >= 11 is 1.85. The lowest BCUT2D eigenvalue weighted by atomic mass is 9.91. The summed E-state index contributed by atoms with van der Waals surface area (Å²) in [5.41, 5.74) is 1.40. The molecule has 1 N–H and O–H groups in total. The van der Waals surface area contributed by atoms with Crippen LogP contribution in [0.5, 0.6) is 0 Å². The first-order valence-corrected chi connectivity index (χ1v) is 6.45. The van der Waals surface area contributed by atoms with Crippen LogP contribution in [0.25, 0.3) is 0 Å². The SMILES string of the molecule is CNC(c1sccc1C)C1CCOC1C. The Hall–Kier alpha value is -0.380. The Bertz CT molecular complexity index is 323. The van der Waals surface area contributed by atoms with Gasteiger partial charge in [0.05, 0.1) is 6.10 Å². The van der Waals surface area contributed by atoms with Gasteiger partial charge in [-0.05, 0) is 44.3 Å². The van der Waals surface area contributed by atoms with Crippen molar-refractivity contribution >= 4 is 11.3 Å². The third-order valence-corrected chi connectivity index (χ3v) is 4.46. The summed E-state index contributed by atoms with van der Waals surface area (Å²) in [5.74, 6) is 0.618. The maximum absolute atomic E-state index is 5.65. The molecule has 1 aromatic rings. The van der Waals surface area contributed by atoms with E-state index in [-0.39, 0.29) is 0 Å². The highest BCUT2D eigenvalue weighted by atomic mass is 32.1. The van der Waals surface area contributed by atoms with Gasteiger partial charge in [-0.1, -0.05) is 0 Å². The van der Waals surface area contributed by atoms with Crippen LogP contribution in [0.3, 0.4) is 0 Å². The molecule has 2 rings (SSSR count). The second-order valence-corrected chi connectivity index (χ2v) is 5.21. The highest BCUT2D eigenvalue weighted by molar-refractivity contribution is 7.10. The fourth-order valence-electron chi connectivity index (χ4n) is 2.43. The normalized spacial score (nSPS) is 28.2. The van der Waals surface area contributed by atoms with Crippen LogP contribution in [0.2, 0.25) is 0 Å². The molecule has 1 aromatic heterocycles. The standard InChI is InChI=1S/C12H19NOS/c1-8-5-7-15-12(8)11(13-3)10-4-6-14-9(10)2/h5,7,9-11,13H,4,6H2,1-3H3. The van der Waals surface area contributed by atoms with E-state index >= 15 is 0 Å². The maximum Gasteiger partial charge on any atom is 0.0594 e. The molecule has 0 aromatic carbocycles. The Labute approximate surface area is 95.6 Å². The van der Waals surface area contributed by atoms with Gasteiger partial charge in [-0.3, -0.25) is 0 Å². The van der Waals surface area contributed by atoms with Crippen molar-refractivity contribution in [3.05, 3.63) is 21.9 Å². The molecule has 3 unspecified atom stereocenters. The van der Waals surface area contributed by atoms with Crippen molar-refractivity contribution in [2.45, 2.75) is 32.4 Å². The van der Waals surface area contributed by atoms with E-state index in [4.69, 9.17) is 4.74 Å². The largest absolute Gasteiger partial charge is 0.378 e. The Morgan fingerprint density at radius 1 is 1.60 bits per heavy atom. The van der Waals surface area contributed by atoms with Gasteiger partial charge in [-0.2, -0.15) is 0 Å². The third kappa shape index (κ3) is 2.10. The molecule has 84 valence electrons. The average Bonchev–Trinajstić information content (AvgIpc) is 2.80. The van der Waals surface area contributed by atoms with E-state index in [1.165, 1.54) is 16.9 Å². The minimum absolute atomic E-state index is 0.379. The molecule has 1 fully saturated rings. The zero-order chi connectivity index (χ0) is 10.8. The van der Waals surface area contributed by atoms with Crippen molar-refractivity contribution < 1.29 is 4.74 Å². The predicted molar refractivity (Wildman–Crippen MR) is 64.4 cm³/mol. The van der Waals surface area contributed by atoms with Gasteiger partial charge in [0.2, 0.25) is 0 Å². The minimum atomic E-state index is 0.379. The van der Waals surface area contributed by atoms with Gasteiger partial charge in [-0.15, -0.1) is 11.3 Å². The number of thiophene rings is 1. The molecular formula is C12H19NOS. The number of aryl methyl sites for hydroxylation is 1. The van der Waals surface area contributed by atoms with E-state index in [9.17, 15) is 0 Å². The molecule has 0 radical (unpaired) electrons. The van der Waals surface area contributed by atoms with Crippen LogP contribution in [0.15, 0.2) is 11.4 Å². The fraction of sp³-hybridized carbons (Fsp3) is 0.667. The second kappa shape index (κ2) is 4.64. The van der Waals surface area contributed by atoms with Crippen LogP contribution in [0.1, 0.15) is 29.8 Å². The Morgan fingerprint density at radius 3 is 2.87 bits per heavy atom. The van der Waals surface area contributed by atoms with Gasteiger partial charge in [0, 0.05) is 23.4 Å². The molecule has 0 aliphatic carbocycles. The quantitative estimate of drug-likeness (QED) is 0.854. The second-order valence-electron chi connectivity index (χ2n) is 4.26. The molecule has 2 heterocycles. The highest BCUT2D eigenvalue weighted by Crippen LogP contribution is 2.36. The van der Waals surface area contributed by atoms with Crippen molar-refractivity contribution in [2.75, 3.05) is 13.7 Å². The molecule has 3 atom stereocenters. The lowest BCUT2D eigenvalue weighted by Gasteiger charge is -2.25. The van der Waals surface area contributed by atoms with E-state index < -0.39 is 0 Å². The molecule has 0 saturated carbocycles. The minimum Gasteiger partial charge on any atom is -0.378 e. The first-order valence-electron chi connectivity index (χ1n) is 5.57. The Balaban J connectivity index is 2.20. The number of nitrogens with one attached hydrogen (secondary N) is 1. The van der Waals surface area contributed by atoms with Crippen LogP contribution in [0.4, 0.5) is 0 Å². The van der Waals surface area contributed by atoms with Gasteiger partial charge in [0.15, 0.2) is 0 Å². The van der Waals surface area contributed by atoms with Crippen LogP contribution in [0, 0.1) is 12.8 Å². The smallest absolute Gasteiger partial charge is 0.0594 e. The first kappa shape index (κ1) is 11.1. The molecule has 0 amide bonds. The summed E-state index contributed by atoms with van der Waals surface area (Å²) in [4.78, 5) is 1.47. The molecule has 1 aliphatic heterocycles. The lowest BCUT2D eigenvalue weighted by Crippen LogP contribution is -2.29. The first-order chi connectivity index (χ1) is 7.24. The summed E-state index contributed by atoms with van der Waals surface area (Å²) in [6, 6.07) is 2.66. The van der Waals surface area contributed by atoms with Gasteiger partial charge >= 0.3 is 0 Å². The highest BCUT2D eigenvalue weighted by Gasteiger charge is 2.33. The number of hydrogen-bond acceptors (Lipinski definition) is 3. The number of rotatable bonds is 3. The summed E-state index contributed by atoms with van der Waals surface area (Å²) in [5, 5.41) is 5.62. The molecule has 0 spiro atoms. The van der Waals surface area contributed by atoms with Gasteiger partial charge in [-0.25, -0.2) is 0 Å². The number of hydrogen-bond donors (Lipinski definition) is 1.